The number of benzene rings is 1. The highest BCUT2D eigenvalue weighted by atomic mass is 79.9. The van der Waals surface area contributed by atoms with E-state index in [1.807, 2.05) is 6.07 Å². The summed E-state index contributed by atoms with van der Waals surface area (Å²) >= 11 is 3.31. The third-order valence-electron chi connectivity index (χ3n) is 2.99. The lowest BCUT2D eigenvalue weighted by Gasteiger charge is -2.25. The molecule has 0 spiro atoms. The zero-order chi connectivity index (χ0) is 13.8. The van der Waals surface area contributed by atoms with Crippen LogP contribution in [-0.2, 0) is 20.4 Å². The first-order valence-electron chi connectivity index (χ1n) is 5.99. The molecule has 0 aromatic heterocycles. The standard InChI is InChI=1S/C13H14BrNO3S/c14-10-2-1-3-12(8-10)19(18)9-13(17)15-6-4-11(16)5-7-15/h1-3,8H,4-7,9H2. The molecule has 0 bridgehead atoms. The van der Waals surface area contributed by atoms with Crippen LogP contribution in [0.25, 0.3) is 0 Å². The van der Waals surface area contributed by atoms with Gasteiger partial charge in [0.1, 0.15) is 11.5 Å². The lowest BCUT2D eigenvalue weighted by atomic mass is 10.1. The Morgan fingerprint density at radius 2 is 2.00 bits per heavy atom. The number of Topliss-reactive ketones (excluding diaryl/α,β-unsaturated/α-hetero) is 1. The smallest absolute Gasteiger partial charge is 0.235 e. The molecule has 4 nitrogen and oxygen atoms in total. The molecule has 6 heteroatoms. The molecule has 1 fully saturated rings. The maximum atomic E-state index is 12.1. The van der Waals surface area contributed by atoms with Gasteiger partial charge in [0.15, 0.2) is 0 Å². The van der Waals surface area contributed by atoms with Gasteiger partial charge in [-0.25, -0.2) is 0 Å². The third kappa shape index (κ3) is 3.98. The van der Waals surface area contributed by atoms with E-state index in [-0.39, 0.29) is 17.4 Å². The summed E-state index contributed by atoms with van der Waals surface area (Å²) in [7, 11) is -1.34. The van der Waals surface area contributed by atoms with Gasteiger partial charge in [-0.2, -0.15) is 0 Å². The second kappa shape index (κ2) is 6.43. The quantitative estimate of drug-likeness (QED) is 0.840. The Morgan fingerprint density at radius 1 is 1.32 bits per heavy atom. The average Bonchev–Trinajstić information content (AvgIpc) is 2.39. The normalized spacial score (nSPS) is 17.3. The summed E-state index contributed by atoms with van der Waals surface area (Å²) < 4.78 is 12.9. The van der Waals surface area contributed by atoms with Crippen LogP contribution in [0.3, 0.4) is 0 Å². The third-order valence-corrected chi connectivity index (χ3v) is 4.77. The fourth-order valence-corrected chi connectivity index (χ4v) is 3.51. The molecule has 19 heavy (non-hydrogen) atoms. The molecule has 1 atom stereocenters. The van der Waals surface area contributed by atoms with Crippen LogP contribution in [0.1, 0.15) is 12.8 Å². The van der Waals surface area contributed by atoms with E-state index in [9.17, 15) is 13.8 Å². The fourth-order valence-electron chi connectivity index (χ4n) is 1.90. The number of carbonyl (C=O) groups excluding carboxylic acids is 2. The maximum absolute atomic E-state index is 12.1. The Kier molecular flexibility index (Phi) is 4.87. The second-order valence-electron chi connectivity index (χ2n) is 4.37. The van der Waals surface area contributed by atoms with Gasteiger partial charge >= 0.3 is 0 Å². The molecule has 1 aromatic carbocycles. The van der Waals surface area contributed by atoms with Crippen LogP contribution in [0.5, 0.6) is 0 Å². The molecule has 0 saturated carbocycles. The predicted octanol–water partition coefficient (Wildman–Crippen LogP) is 1.75. The summed E-state index contributed by atoms with van der Waals surface area (Å²) in [5.41, 5.74) is 0. The van der Waals surface area contributed by atoms with E-state index in [2.05, 4.69) is 15.9 Å². The molecule has 0 aliphatic carbocycles. The number of rotatable bonds is 3. The van der Waals surface area contributed by atoms with Crippen molar-refractivity contribution < 1.29 is 13.8 Å². The van der Waals surface area contributed by atoms with Crippen LogP contribution in [0.15, 0.2) is 33.6 Å². The number of carbonyl (C=O) groups is 2. The minimum Gasteiger partial charge on any atom is -0.341 e. The lowest BCUT2D eigenvalue weighted by molar-refractivity contribution is -0.132. The molecule has 0 radical (unpaired) electrons. The Hall–Kier alpha value is -1.01. The van der Waals surface area contributed by atoms with E-state index in [1.54, 1.807) is 23.1 Å². The Balaban J connectivity index is 1.95. The molecule has 1 saturated heterocycles. The molecule has 1 aliphatic rings. The van der Waals surface area contributed by atoms with Gasteiger partial charge in [-0.1, -0.05) is 22.0 Å². The molecule has 1 aliphatic heterocycles. The number of hydrogen-bond donors (Lipinski definition) is 0. The van der Waals surface area contributed by atoms with Crippen molar-refractivity contribution in [2.75, 3.05) is 18.8 Å². The van der Waals surface area contributed by atoms with Gasteiger partial charge in [-0.15, -0.1) is 0 Å². The molecular weight excluding hydrogens is 330 g/mol. The number of nitrogens with zero attached hydrogens (tertiary/aromatic N) is 1. The van der Waals surface area contributed by atoms with Crippen LogP contribution >= 0.6 is 15.9 Å². The molecule has 1 heterocycles. The number of likely N-dealkylation sites (tertiary alicyclic amines) is 1. The monoisotopic (exact) mass is 343 g/mol. The van der Waals surface area contributed by atoms with Crippen LogP contribution < -0.4 is 0 Å². The molecule has 1 unspecified atom stereocenters. The minimum absolute atomic E-state index is 0.0232. The van der Waals surface area contributed by atoms with E-state index in [0.29, 0.717) is 30.8 Å². The first kappa shape index (κ1) is 14.4. The lowest BCUT2D eigenvalue weighted by Crippen LogP contribution is -2.40. The minimum atomic E-state index is -1.34. The van der Waals surface area contributed by atoms with E-state index < -0.39 is 10.8 Å². The first-order valence-corrected chi connectivity index (χ1v) is 8.11. The molecule has 1 amide bonds. The van der Waals surface area contributed by atoms with Gasteiger partial charge in [-0.3, -0.25) is 13.8 Å². The van der Waals surface area contributed by atoms with Crippen molar-refractivity contribution in [3.63, 3.8) is 0 Å². The first-order chi connectivity index (χ1) is 9.06. The zero-order valence-corrected chi connectivity index (χ0v) is 12.7. The Bertz CT molecular complexity index is 522. The molecule has 0 N–H and O–H groups in total. The van der Waals surface area contributed by atoms with E-state index in [0.717, 1.165) is 4.47 Å². The van der Waals surface area contributed by atoms with Gasteiger partial charge in [0.25, 0.3) is 0 Å². The van der Waals surface area contributed by atoms with Crippen molar-refractivity contribution >= 4 is 38.4 Å². The molecule has 1 aromatic rings. The Morgan fingerprint density at radius 3 is 2.63 bits per heavy atom. The van der Waals surface area contributed by atoms with Crippen LogP contribution in [0.4, 0.5) is 0 Å². The van der Waals surface area contributed by atoms with E-state index in [1.165, 1.54) is 0 Å². The van der Waals surface area contributed by atoms with Gasteiger partial charge in [0, 0.05) is 35.3 Å². The van der Waals surface area contributed by atoms with Crippen molar-refractivity contribution in [1.29, 1.82) is 0 Å². The van der Waals surface area contributed by atoms with Crippen LogP contribution in [0, 0.1) is 0 Å². The summed E-state index contributed by atoms with van der Waals surface area (Å²) in [4.78, 5) is 25.3. The van der Waals surface area contributed by atoms with Crippen LogP contribution in [-0.4, -0.2) is 39.6 Å². The molecular formula is C13H14BrNO3S. The number of halogens is 1. The number of piperidine rings is 1. The van der Waals surface area contributed by atoms with Gasteiger partial charge in [0.2, 0.25) is 5.91 Å². The summed E-state index contributed by atoms with van der Waals surface area (Å²) in [5.74, 6) is 0.0212. The summed E-state index contributed by atoms with van der Waals surface area (Å²) in [6, 6.07) is 7.14. The predicted molar refractivity (Wildman–Crippen MR) is 76.2 cm³/mol. The van der Waals surface area contributed by atoms with Crippen LogP contribution in [0.2, 0.25) is 0 Å². The molecule has 102 valence electrons. The number of amides is 1. The van der Waals surface area contributed by atoms with E-state index in [4.69, 9.17) is 0 Å². The molecule has 2 rings (SSSR count). The van der Waals surface area contributed by atoms with Crippen molar-refractivity contribution in [2.24, 2.45) is 0 Å². The SMILES string of the molecule is O=C1CCN(C(=O)CS(=O)c2cccc(Br)c2)CC1. The maximum Gasteiger partial charge on any atom is 0.235 e. The largest absolute Gasteiger partial charge is 0.341 e. The highest BCUT2D eigenvalue weighted by Gasteiger charge is 2.22. The van der Waals surface area contributed by atoms with Crippen molar-refractivity contribution in [1.82, 2.24) is 4.90 Å². The van der Waals surface area contributed by atoms with Crippen molar-refractivity contribution in [3.8, 4) is 0 Å². The van der Waals surface area contributed by atoms with Gasteiger partial charge < -0.3 is 4.90 Å². The zero-order valence-electron chi connectivity index (χ0n) is 10.3. The van der Waals surface area contributed by atoms with Gasteiger partial charge in [0.05, 0.1) is 10.8 Å². The van der Waals surface area contributed by atoms with Gasteiger partial charge in [-0.05, 0) is 18.2 Å². The summed E-state index contributed by atoms with van der Waals surface area (Å²) in [5, 5.41) is 0. The highest BCUT2D eigenvalue weighted by Crippen LogP contribution is 2.15. The summed E-state index contributed by atoms with van der Waals surface area (Å²) in [6.07, 6.45) is 0.824. The Labute approximate surface area is 122 Å². The number of hydrogen-bond acceptors (Lipinski definition) is 3. The second-order valence-corrected chi connectivity index (χ2v) is 6.73. The van der Waals surface area contributed by atoms with E-state index >= 15 is 0 Å². The summed E-state index contributed by atoms with van der Waals surface area (Å²) in [6.45, 7) is 0.903. The topological polar surface area (TPSA) is 54.5 Å². The average molecular weight is 344 g/mol. The fraction of sp³-hybridized carbons (Fsp3) is 0.385. The van der Waals surface area contributed by atoms with Crippen molar-refractivity contribution in [2.45, 2.75) is 17.7 Å². The number of ketones is 1. The van der Waals surface area contributed by atoms with Crippen molar-refractivity contribution in [3.05, 3.63) is 28.7 Å². The highest BCUT2D eigenvalue weighted by molar-refractivity contribution is 9.10.